The van der Waals surface area contributed by atoms with Crippen molar-refractivity contribution in [3.05, 3.63) is 129 Å². The van der Waals surface area contributed by atoms with Crippen molar-refractivity contribution in [3.8, 4) is 5.69 Å². The molecule has 0 saturated heterocycles. The van der Waals surface area contributed by atoms with Crippen LogP contribution in [0.1, 0.15) is 22.5 Å². The molecule has 0 saturated carbocycles. The van der Waals surface area contributed by atoms with Crippen LogP contribution in [0, 0.1) is 3.57 Å². The van der Waals surface area contributed by atoms with Gasteiger partial charge >= 0.3 is 0 Å². The molecule has 29 heavy (non-hydrogen) atoms. The van der Waals surface area contributed by atoms with Crippen molar-refractivity contribution in [1.29, 1.82) is 0 Å². The van der Waals surface area contributed by atoms with E-state index in [1.54, 1.807) is 0 Å². The van der Waals surface area contributed by atoms with Crippen molar-refractivity contribution >= 4 is 33.6 Å². The van der Waals surface area contributed by atoms with E-state index >= 15 is 0 Å². The number of hydrogen-bond acceptors (Lipinski definition) is 1. The second-order valence-electron chi connectivity index (χ2n) is 7.40. The number of nitrogens with zero attached hydrogens (tertiary/aromatic N) is 2. The van der Waals surface area contributed by atoms with Crippen LogP contribution in [0.25, 0.3) is 16.7 Å². The Kier molecular flexibility index (Phi) is 3.68. The van der Waals surface area contributed by atoms with E-state index in [0.717, 1.165) is 16.9 Å². The number of rotatable bonds is 2. The molecule has 1 aliphatic heterocycles. The van der Waals surface area contributed by atoms with Crippen LogP contribution in [0.3, 0.4) is 0 Å². The highest BCUT2D eigenvalue weighted by Gasteiger charge is 2.48. The molecule has 6 rings (SSSR count). The molecule has 0 aliphatic carbocycles. The first-order chi connectivity index (χ1) is 14.3. The Morgan fingerprint density at radius 2 is 1.41 bits per heavy atom. The SMILES string of the molecule is Ic1cccc(C2(c3ccccc3)c3ccccc3-n3c2nc2ccccc23)c1. The molecule has 0 N–H and O–H groups in total. The summed E-state index contributed by atoms with van der Waals surface area (Å²) in [4.78, 5) is 5.20. The van der Waals surface area contributed by atoms with Gasteiger partial charge in [-0.2, -0.15) is 0 Å². The lowest BCUT2D eigenvalue weighted by molar-refractivity contribution is 0.717. The third kappa shape index (κ3) is 2.25. The van der Waals surface area contributed by atoms with Crippen molar-refractivity contribution in [2.45, 2.75) is 5.41 Å². The van der Waals surface area contributed by atoms with Gasteiger partial charge in [-0.25, -0.2) is 4.98 Å². The first-order valence-electron chi connectivity index (χ1n) is 9.69. The summed E-state index contributed by atoms with van der Waals surface area (Å²) >= 11 is 2.40. The highest BCUT2D eigenvalue weighted by molar-refractivity contribution is 14.1. The van der Waals surface area contributed by atoms with E-state index in [4.69, 9.17) is 4.98 Å². The van der Waals surface area contributed by atoms with Crippen molar-refractivity contribution < 1.29 is 0 Å². The van der Waals surface area contributed by atoms with Gasteiger partial charge in [0.15, 0.2) is 0 Å². The van der Waals surface area contributed by atoms with Gasteiger partial charge in [0.25, 0.3) is 0 Å². The van der Waals surface area contributed by atoms with E-state index in [1.165, 1.54) is 25.9 Å². The molecule has 2 heterocycles. The van der Waals surface area contributed by atoms with Crippen LogP contribution in [0.4, 0.5) is 0 Å². The maximum Gasteiger partial charge on any atom is 0.134 e. The second-order valence-corrected chi connectivity index (χ2v) is 8.65. The zero-order valence-electron chi connectivity index (χ0n) is 15.6. The van der Waals surface area contributed by atoms with Crippen LogP contribution < -0.4 is 0 Å². The number of fused-ring (bicyclic) bond motifs is 5. The van der Waals surface area contributed by atoms with Gasteiger partial charge in [-0.15, -0.1) is 0 Å². The normalized spacial score (nSPS) is 17.3. The summed E-state index contributed by atoms with van der Waals surface area (Å²) in [7, 11) is 0. The van der Waals surface area contributed by atoms with Crippen molar-refractivity contribution in [2.24, 2.45) is 0 Å². The molecular formula is C26H17IN2. The Labute approximate surface area is 183 Å². The van der Waals surface area contributed by atoms with Gasteiger partial charge in [-0.05, 0) is 69.6 Å². The fourth-order valence-electron chi connectivity index (χ4n) is 4.77. The van der Waals surface area contributed by atoms with Gasteiger partial charge in [-0.3, -0.25) is 4.57 Å². The standard InChI is InChI=1S/C26H17IN2/c27-20-12-8-11-19(17-20)26(18-9-2-1-3-10-18)21-13-4-6-15-23(21)29-24-16-7-5-14-22(24)28-25(26)29/h1-17H. The van der Waals surface area contributed by atoms with Gasteiger partial charge in [0.2, 0.25) is 0 Å². The fourth-order valence-corrected chi connectivity index (χ4v) is 5.32. The lowest BCUT2D eigenvalue weighted by Gasteiger charge is -2.31. The van der Waals surface area contributed by atoms with Crippen LogP contribution in [0.5, 0.6) is 0 Å². The van der Waals surface area contributed by atoms with Gasteiger partial charge in [0.1, 0.15) is 11.2 Å². The Morgan fingerprint density at radius 1 is 0.690 bits per heavy atom. The number of imidazole rings is 1. The molecule has 3 heteroatoms. The molecule has 0 fully saturated rings. The van der Waals surface area contributed by atoms with E-state index in [2.05, 4.69) is 130 Å². The van der Waals surface area contributed by atoms with Crippen LogP contribution in [0.15, 0.2) is 103 Å². The van der Waals surface area contributed by atoms with Gasteiger partial charge < -0.3 is 0 Å². The highest BCUT2D eigenvalue weighted by atomic mass is 127. The molecule has 5 aromatic rings. The van der Waals surface area contributed by atoms with E-state index in [1.807, 2.05) is 0 Å². The monoisotopic (exact) mass is 484 g/mol. The smallest absolute Gasteiger partial charge is 0.134 e. The van der Waals surface area contributed by atoms with Gasteiger partial charge in [0, 0.05) is 3.57 Å². The van der Waals surface area contributed by atoms with E-state index in [9.17, 15) is 0 Å². The third-order valence-electron chi connectivity index (χ3n) is 5.91. The average molecular weight is 484 g/mol. The minimum atomic E-state index is -0.446. The average Bonchev–Trinajstić information content (AvgIpc) is 3.28. The van der Waals surface area contributed by atoms with E-state index in [0.29, 0.717) is 0 Å². The number of benzene rings is 4. The molecule has 4 aromatic carbocycles. The van der Waals surface area contributed by atoms with Crippen LogP contribution in [0.2, 0.25) is 0 Å². The maximum atomic E-state index is 5.20. The topological polar surface area (TPSA) is 17.8 Å². The van der Waals surface area contributed by atoms with Crippen molar-refractivity contribution in [1.82, 2.24) is 9.55 Å². The third-order valence-corrected chi connectivity index (χ3v) is 6.58. The fraction of sp³-hybridized carbons (Fsp3) is 0.0385. The first kappa shape index (κ1) is 17.0. The lowest BCUT2D eigenvalue weighted by atomic mass is 9.70. The molecule has 2 nitrogen and oxygen atoms in total. The summed E-state index contributed by atoms with van der Waals surface area (Å²) in [6.45, 7) is 0. The lowest BCUT2D eigenvalue weighted by Crippen LogP contribution is -2.29. The van der Waals surface area contributed by atoms with Crippen LogP contribution in [-0.4, -0.2) is 9.55 Å². The van der Waals surface area contributed by atoms with Crippen molar-refractivity contribution in [2.75, 3.05) is 0 Å². The Balaban J connectivity index is 1.85. The molecule has 0 bridgehead atoms. The van der Waals surface area contributed by atoms with Crippen LogP contribution in [-0.2, 0) is 5.41 Å². The summed E-state index contributed by atoms with van der Waals surface area (Å²) in [6, 6.07) is 36.8. The van der Waals surface area contributed by atoms with Crippen LogP contribution >= 0.6 is 22.6 Å². The molecule has 138 valence electrons. The van der Waals surface area contributed by atoms with Crippen molar-refractivity contribution in [3.63, 3.8) is 0 Å². The summed E-state index contributed by atoms with van der Waals surface area (Å²) in [5, 5.41) is 0. The van der Waals surface area contributed by atoms with E-state index < -0.39 is 5.41 Å². The molecule has 1 unspecified atom stereocenters. The summed E-state index contributed by atoms with van der Waals surface area (Å²) in [5.41, 5.74) is 6.71. The molecule has 1 atom stereocenters. The minimum Gasteiger partial charge on any atom is -0.295 e. The number of aromatic nitrogens is 2. The molecular weight excluding hydrogens is 467 g/mol. The quantitative estimate of drug-likeness (QED) is 0.263. The Morgan fingerprint density at radius 3 is 2.28 bits per heavy atom. The molecule has 0 amide bonds. The van der Waals surface area contributed by atoms with Gasteiger partial charge in [0.05, 0.1) is 16.7 Å². The molecule has 1 aliphatic rings. The first-order valence-corrected chi connectivity index (χ1v) is 10.8. The Bertz CT molecular complexity index is 1370. The minimum absolute atomic E-state index is 0.446. The zero-order valence-corrected chi connectivity index (χ0v) is 17.7. The zero-order chi connectivity index (χ0) is 19.4. The largest absolute Gasteiger partial charge is 0.295 e. The highest BCUT2D eigenvalue weighted by Crippen LogP contribution is 2.52. The predicted molar refractivity (Wildman–Crippen MR) is 126 cm³/mol. The summed E-state index contributed by atoms with van der Waals surface area (Å²) < 4.78 is 3.57. The Hall–Kier alpha value is -2.92. The second kappa shape index (κ2) is 6.29. The summed E-state index contributed by atoms with van der Waals surface area (Å²) in [5.74, 6) is 1.06. The predicted octanol–water partition coefficient (Wildman–Crippen LogP) is 6.33. The number of para-hydroxylation sites is 3. The molecule has 0 spiro atoms. The van der Waals surface area contributed by atoms with E-state index in [-0.39, 0.29) is 0 Å². The summed E-state index contributed by atoms with van der Waals surface area (Å²) in [6.07, 6.45) is 0. The van der Waals surface area contributed by atoms with Gasteiger partial charge in [-0.1, -0.05) is 72.8 Å². The molecule has 1 aromatic heterocycles. The number of halogens is 1. The molecule has 0 radical (unpaired) electrons. The maximum absolute atomic E-state index is 5.20. The number of hydrogen-bond donors (Lipinski definition) is 0.